The van der Waals surface area contributed by atoms with Crippen molar-refractivity contribution < 1.29 is 19.4 Å². The highest BCUT2D eigenvalue weighted by molar-refractivity contribution is 6.09. The number of aromatic nitrogens is 1. The molecule has 28 heavy (non-hydrogen) atoms. The van der Waals surface area contributed by atoms with E-state index in [4.69, 9.17) is 9.47 Å². The van der Waals surface area contributed by atoms with Crippen LogP contribution in [0.25, 0.3) is 10.8 Å². The summed E-state index contributed by atoms with van der Waals surface area (Å²) in [6.45, 7) is 1.82. The van der Waals surface area contributed by atoms with Gasteiger partial charge in [0.15, 0.2) is 0 Å². The summed E-state index contributed by atoms with van der Waals surface area (Å²) in [6, 6.07) is 11.8. The van der Waals surface area contributed by atoms with Gasteiger partial charge in [0.1, 0.15) is 11.5 Å². The Balaban J connectivity index is 1.98. The first kappa shape index (κ1) is 19.4. The van der Waals surface area contributed by atoms with E-state index in [1.807, 2.05) is 0 Å². The first-order valence-corrected chi connectivity index (χ1v) is 8.77. The molecule has 0 saturated heterocycles. The van der Waals surface area contributed by atoms with Crippen LogP contribution in [-0.4, -0.2) is 35.9 Å². The van der Waals surface area contributed by atoms with Crippen LogP contribution in [0.5, 0.6) is 11.5 Å². The standard InChI is InChI=1S/C21H22N2O5/c1-13(24)12-23-8-7-17-18(21(23)26)5-4-6-19(17)22-20(25)14-9-15(27-2)11-16(10-14)28-3/h4-11,13,24H,12H2,1-3H3,(H,22,25). The molecule has 2 aromatic carbocycles. The van der Waals surface area contributed by atoms with E-state index in [1.54, 1.807) is 55.6 Å². The van der Waals surface area contributed by atoms with Crippen LogP contribution in [0.15, 0.2) is 53.5 Å². The Kier molecular flexibility index (Phi) is 5.65. The third-order valence-electron chi connectivity index (χ3n) is 4.34. The molecule has 3 aromatic rings. The van der Waals surface area contributed by atoms with Gasteiger partial charge in [-0.3, -0.25) is 9.59 Å². The summed E-state index contributed by atoms with van der Waals surface area (Å²) in [6.07, 6.45) is 0.975. The second kappa shape index (κ2) is 8.14. The maximum Gasteiger partial charge on any atom is 0.258 e. The van der Waals surface area contributed by atoms with E-state index >= 15 is 0 Å². The van der Waals surface area contributed by atoms with Gasteiger partial charge in [0.2, 0.25) is 0 Å². The molecule has 1 unspecified atom stereocenters. The van der Waals surface area contributed by atoms with Gasteiger partial charge in [-0.25, -0.2) is 0 Å². The molecule has 0 aliphatic carbocycles. The number of amides is 1. The minimum atomic E-state index is -0.638. The van der Waals surface area contributed by atoms with Crippen molar-refractivity contribution in [2.75, 3.05) is 19.5 Å². The van der Waals surface area contributed by atoms with E-state index < -0.39 is 6.10 Å². The van der Waals surface area contributed by atoms with Crippen molar-refractivity contribution >= 4 is 22.4 Å². The summed E-state index contributed by atoms with van der Waals surface area (Å²) in [7, 11) is 3.03. The molecule has 0 aliphatic rings. The van der Waals surface area contributed by atoms with Crippen LogP contribution in [0.4, 0.5) is 5.69 Å². The van der Waals surface area contributed by atoms with E-state index in [2.05, 4.69) is 5.32 Å². The Labute approximate surface area is 162 Å². The van der Waals surface area contributed by atoms with Crippen LogP contribution < -0.4 is 20.3 Å². The summed E-state index contributed by atoms with van der Waals surface area (Å²) in [5, 5.41) is 13.5. The number of aliphatic hydroxyl groups is 1. The lowest BCUT2D eigenvalue weighted by atomic mass is 10.1. The van der Waals surface area contributed by atoms with Crippen LogP contribution in [-0.2, 0) is 6.54 Å². The number of hydrogen-bond acceptors (Lipinski definition) is 5. The smallest absolute Gasteiger partial charge is 0.258 e. The first-order valence-electron chi connectivity index (χ1n) is 8.77. The largest absolute Gasteiger partial charge is 0.497 e. The van der Waals surface area contributed by atoms with Gasteiger partial charge in [-0.05, 0) is 37.3 Å². The van der Waals surface area contributed by atoms with E-state index in [0.717, 1.165) is 0 Å². The Morgan fingerprint density at radius 3 is 2.39 bits per heavy atom. The highest BCUT2D eigenvalue weighted by atomic mass is 16.5. The molecule has 1 atom stereocenters. The summed E-state index contributed by atoms with van der Waals surface area (Å²) in [5.74, 6) is 0.657. The van der Waals surface area contributed by atoms with E-state index in [0.29, 0.717) is 33.5 Å². The molecular weight excluding hydrogens is 360 g/mol. The topological polar surface area (TPSA) is 89.8 Å². The van der Waals surface area contributed by atoms with Gasteiger partial charge in [0, 0.05) is 34.3 Å². The maximum absolute atomic E-state index is 12.8. The summed E-state index contributed by atoms with van der Waals surface area (Å²) in [4.78, 5) is 25.4. The second-order valence-electron chi connectivity index (χ2n) is 6.44. The maximum atomic E-state index is 12.8. The third kappa shape index (κ3) is 3.99. The molecule has 7 nitrogen and oxygen atoms in total. The molecule has 1 heterocycles. The Hall–Kier alpha value is -3.32. The number of fused-ring (bicyclic) bond motifs is 1. The Morgan fingerprint density at radius 1 is 1.11 bits per heavy atom. The van der Waals surface area contributed by atoms with E-state index in [-0.39, 0.29) is 18.0 Å². The van der Waals surface area contributed by atoms with Gasteiger partial charge >= 0.3 is 0 Å². The van der Waals surface area contributed by atoms with Crippen molar-refractivity contribution in [3.8, 4) is 11.5 Å². The zero-order valence-electron chi connectivity index (χ0n) is 15.9. The molecule has 146 valence electrons. The minimum Gasteiger partial charge on any atom is -0.497 e. The van der Waals surface area contributed by atoms with Crippen LogP contribution in [0.1, 0.15) is 17.3 Å². The molecule has 0 bridgehead atoms. The van der Waals surface area contributed by atoms with Gasteiger partial charge < -0.3 is 24.5 Å². The van der Waals surface area contributed by atoms with Crippen LogP contribution in [0, 0.1) is 0 Å². The number of anilines is 1. The van der Waals surface area contributed by atoms with Crippen LogP contribution >= 0.6 is 0 Å². The average Bonchev–Trinajstić information content (AvgIpc) is 2.69. The number of hydrogen-bond donors (Lipinski definition) is 2. The molecule has 0 fully saturated rings. The zero-order chi connectivity index (χ0) is 20.3. The Morgan fingerprint density at radius 2 is 1.79 bits per heavy atom. The lowest BCUT2D eigenvalue weighted by Crippen LogP contribution is -2.25. The number of benzene rings is 2. The normalized spacial score (nSPS) is 11.9. The fourth-order valence-electron chi connectivity index (χ4n) is 2.99. The fraction of sp³-hybridized carbons (Fsp3) is 0.238. The van der Waals surface area contributed by atoms with Crippen molar-refractivity contribution in [1.82, 2.24) is 4.57 Å². The van der Waals surface area contributed by atoms with E-state index in [9.17, 15) is 14.7 Å². The molecule has 1 amide bonds. The monoisotopic (exact) mass is 382 g/mol. The second-order valence-corrected chi connectivity index (χ2v) is 6.44. The SMILES string of the molecule is COc1cc(OC)cc(C(=O)Nc2cccc3c(=O)n(CC(C)O)ccc23)c1. The van der Waals surface area contributed by atoms with Gasteiger partial charge in [0.05, 0.1) is 26.9 Å². The fourth-order valence-corrected chi connectivity index (χ4v) is 2.99. The Bertz CT molecular complexity index is 1050. The lowest BCUT2D eigenvalue weighted by Gasteiger charge is -2.13. The zero-order valence-corrected chi connectivity index (χ0v) is 15.9. The van der Waals surface area contributed by atoms with Crippen molar-refractivity contribution in [3.63, 3.8) is 0 Å². The van der Waals surface area contributed by atoms with Crippen molar-refractivity contribution in [3.05, 3.63) is 64.6 Å². The van der Waals surface area contributed by atoms with Crippen molar-refractivity contribution in [1.29, 1.82) is 0 Å². The molecule has 7 heteroatoms. The van der Waals surface area contributed by atoms with Crippen molar-refractivity contribution in [2.24, 2.45) is 0 Å². The van der Waals surface area contributed by atoms with Crippen LogP contribution in [0.3, 0.4) is 0 Å². The number of ether oxygens (including phenoxy) is 2. The number of aliphatic hydroxyl groups excluding tert-OH is 1. The highest BCUT2D eigenvalue weighted by Gasteiger charge is 2.13. The van der Waals surface area contributed by atoms with Crippen molar-refractivity contribution in [2.45, 2.75) is 19.6 Å². The quantitative estimate of drug-likeness (QED) is 0.684. The average molecular weight is 382 g/mol. The summed E-state index contributed by atoms with van der Waals surface area (Å²) >= 11 is 0. The summed E-state index contributed by atoms with van der Waals surface area (Å²) < 4.78 is 11.9. The number of nitrogens with zero attached hydrogens (tertiary/aromatic N) is 1. The molecule has 0 spiro atoms. The van der Waals surface area contributed by atoms with E-state index in [1.165, 1.54) is 18.8 Å². The molecule has 3 rings (SSSR count). The molecule has 0 radical (unpaired) electrons. The van der Waals surface area contributed by atoms with Gasteiger partial charge in [-0.15, -0.1) is 0 Å². The number of carbonyl (C=O) groups is 1. The highest BCUT2D eigenvalue weighted by Crippen LogP contribution is 2.25. The van der Waals surface area contributed by atoms with Gasteiger partial charge in [0.25, 0.3) is 11.5 Å². The molecule has 0 aliphatic heterocycles. The molecular formula is C21H22N2O5. The van der Waals surface area contributed by atoms with Gasteiger partial charge in [-0.1, -0.05) is 6.07 Å². The predicted octanol–water partition coefficient (Wildman–Crippen LogP) is 2.65. The minimum absolute atomic E-state index is 0.203. The number of methoxy groups -OCH3 is 2. The predicted molar refractivity (Wildman–Crippen MR) is 107 cm³/mol. The third-order valence-corrected chi connectivity index (χ3v) is 4.34. The van der Waals surface area contributed by atoms with Gasteiger partial charge in [-0.2, -0.15) is 0 Å². The van der Waals surface area contributed by atoms with Crippen LogP contribution in [0.2, 0.25) is 0 Å². The molecule has 1 aromatic heterocycles. The molecule has 0 saturated carbocycles. The number of pyridine rings is 1. The number of rotatable bonds is 6. The first-order chi connectivity index (χ1) is 13.4. The summed E-state index contributed by atoms with van der Waals surface area (Å²) in [5.41, 5.74) is 0.666. The number of carbonyl (C=O) groups excluding carboxylic acids is 1. The number of nitrogens with one attached hydrogen (secondary N) is 1. The molecule has 2 N–H and O–H groups in total. The lowest BCUT2D eigenvalue weighted by molar-refractivity contribution is 0.102.